The van der Waals surface area contributed by atoms with Crippen LogP contribution in [0, 0.1) is 26.2 Å². The number of carbonyl (C=O) groups excluding carboxylic acids is 1. The van der Waals surface area contributed by atoms with Crippen molar-refractivity contribution in [3.8, 4) is 12.3 Å². The molecule has 1 amide bonds. The Bertz CT molecular complexity index is 1050. The van der Waals surface area contributed by atoms with Crippen LogP contribution in [-0.4, -0.2) is 10.5 Å². The van der Waals surface area contributed by atoms with Crippen LogP contribution in [0.3, 0.4) is 0 Å². The van der Waals surface area contributed by atoms with E-state index < -0.39 is 0 Å². The lowest BCUT2D eigenvalue weighted by atomic mass is 10.1. The maximum atomic E-state index is 12.5. The topological polar surface area (TPSA) is 34.4 Å². The Balaban J connectivity index is 2.21. The molecular weight excluding hydrogens is 384 g/mol. The standard InChI is InChI=1S/C19H15BrN2OS/c1-4-8-22-16-10-12(2)9-13(3)17(16)24-19(22)21-18(23)14-6-5-7-15(20)11-14/h1,5-7,9-11H,8H2,2-3H3. The number of aromatic nitrogens is 1. The second-order valence-electron chi connectivity index (χ2n) is 5.53. The summed E-state index contributed by atoms with van der Waals surface area (Å²) in [6, 6.07) is 11.4. The van der Waals surface area contributed by atoms with E-state index >= 15 is 0 Å². The lowest BCUT2D eigenvalue weighted by Gasteiger charge is -2.02. The van der Waals surface area contributed by atoms with Gasteiger partial charge in [-0.05, 0) is 49.2 Å². The van der Waals surface area contributed by atoms with Crippen LogP contribution < -0.4 is 4.80 Å². The molecule has 24 heavy (non-hydrogen) atoms. The van der Waals surface area contributed by atoms with Crippen molar-refractivity contribution in [2.75, 3.05) is 0 Å². The van der Waals surface area contributed by atoms with Crippen molar-refractivity contribution in [3.05, 3.63) is 62.4 Å². The van der Waals surface area contributed by atoms with Crippen LogP contribution in [0.15, 0.2) is 45.9 Å². The molecule has 0 spiro atoms. The summed E-state index contributed by atoms with van der Waals surface area (Å²) in [5, 5.41) is 0. The molecule has 0 unspecified atom stereocenters. The molecule has 0 saturated heterocycles. The smallest absolute Gasteiger partial charge is 0.279 e. The molecule has 0 N–H and O–H groups in total. The Hall–Kier alpha value is -2.16. The third-order valence-electron chi connectivity index (χ3n) is 3.63. The van der Waals surface area contributed by atoms with E-state index in [1.54, 1.807) is 12.1 Å². The number of halogens is 1. The number of aryl methyl sites for hydroxylation is 2. The van der Waals surface area contributed by atoms with E-state index in [0.717, 1.165) is 25.8 Å². The highest BCUT2D eigenvalue weighted by molar-refractivity contribution is 9.10. The fraction of sp³-hybridized carbons (Fsp3) is 0.158. The Kier molecular flexibility index (Phi) is 4.70. The van der Waals surface area contributed by atoms with Gasteiger partial charge < -0.3 is 4.57 Å². The van der Waals surface area contributed by atoms with Crippen molar-refractivity contribution in [3.63, 3.8) is 0 Å². The Morgan fingerprint density at radius 3 is 2.83 bits per heavy atom. The molecule has 3 aromatic rings. The zero-order valence-corrected chi connectivity index (χ0v) is 15.7. The van der Waals surface area contributed by atoms with Gasteiger partial charge in [0, 0.05) is 10.0 Å². The minimum absolute atomic E-state index is 0.275. The number of carbonyl (C=O) groups is 1. The summed E-state index contributed by atoms with van der Waals surface area (Å²) in [7, 11) is 0. The highest BCUT2D eigenvalue weighted by Gasteiger charge is 2.11. The van der Waals surface area contributed by atoms with Gasteiger partial charge in [0.1, 0.15) is 0 Å². The maximum absolute atomic E-state index is 12.5. The van der Waals surface area contributed by atoms with Gasteiger partial charge in [-0.15, -0.1) is 6.42 Å². The van der Waals surface area contributed by atoms with Gasteiger partial charge in [0.2, 0.25) is 0 Å². The van der Waals surface area contributed by atoms with Gasteiger partial charge in [-0.3, -0.25) is 4.79 Å². The van der Waals surface area contributed by atoms with Crippen LogP contribution >= 0.6 is 27.3 Å². The van der Waals surface area contributed by atoms with E-state index in [2.05, 4.69) is 45.9 Å². The second-order valence-corrected chi connectivity index (χ2v) is 7.43. The summed E-state index contributed by atoms with van der Waals surface area (Å²) >= 11 is 4.87. The molecule has 0 saturated carbocycles. The molecule has 0 atom stereocenters. The van der Waals surface area contributed by atoms with Gasteiger partial charge in [-0.1, -0.05) is 45.3 Å². The van der Waals surface area contributed by atoms with Crippen molar-refractivity contribution in [2.45, 2.75) is 20.4 Å². The van der Waals surface area contributed by atoms with Gasteiger partial charge in [-0.25, -0.2) is 0 Å². The number of thiazole rings is 1. The van der Waals surface area contributed by atoms with Crippen LogP contribution in [0.2, 0.25) is 0 Å². The Morgan fingerprint density at radius 1 is 1.33 bits per heavy atom. The van der Waals surface area contributed by atoms with Crippen LogP contribution in [0.1, 0.15) is 21.5 Å². The fourth-order valence-electron chi connectivity index (χ4n) is 2.61. The highest BCUT2D eigenvalue weighted by Crippen LogP contribution is 2.23. The number of benzene rings is 2. The number of hydrogen-bond donors (Lipinski definition) is 0. The van der Waals surface area contributed by atoms with Crippen molar-refractivity contribution in [1.82, 2.24) is 4.57 Å². The zero-order chi connectivity index (χ0) is 17.3. The third kappa shape index (κ3) is 3.21. The van der Waals surface area contributed by atoms with E-state index in [1.807, 2.05) is 23.6 Å². The van der Waals surface area contributed by atoms with Gasteiger partial charge in [-0.2, -0.15) is 4.99 Å². The molecular formula is C19H15BrN2OS. The van der Waals surface area contributed by atoms with Gasteiger partial charge >= 0.3 is 0 Å². The SMILES string of the molecule is C#CCn1c(=NC(=O)c2cccc(Br)c2)sc2c(C)cc(C)cc21. The molecule has 120 valence electrons. The van der Waals surface area contributed by atoms with Crippen molar-refractivity contribution < 1.29 is 4.79 Å². The maximum Gasteiger partial charge on any atom is 0.279 e. The first-order chi connectivity index (χ1) is 11.5. The van der Waals surface area contributed by atoms with E-state index in [4.69, 9.17) is 6.42 Å². The van der Waals surface area contributed by atoms with Crippen molar-refractivity contribution >= 4 is 43.4 Å². The molecule has 0 fully saturated rings. The lowest BCUT2D eigenvalue weighted by molar-refractivity contribution is 0.0998. The van der Waals surface area contributed by atoms with E-state index in [9.17, 15) is 4.79 Å². The van der Waals surface area contributed by atoms with Crippen LogP contribution in [-0.2, 0) is 6.54 Å². The molecule has 0 bridgehead atoms. The third-order valence-corrected chi connectivity index (χ3v) is 5.36. The summed E-state index contributed by atoms with van der Waals surface area (Å²) in [5.74, 6) is 2.38. The highest BCUT2D eigenvalue weighted by atomic mass is 79.9. The zero-order valence-electron chi connectivity index (χ0n) is 13.3. The van der Waals surface area contributed by atoms with E-state index in [-0.39, 0.29) is 5.91 Å². The number of terminal acetylenes is 1. The summed E-state index contributed by atoms with van der Waals surface area (Å²) < 4.78 is 3.88. The minimum atomic E-state index is -0.275. The average Bonchev–Trinajstić information content (AvgIpc) is 2.86. The Labute approximate surface area is 152 Å². The quantitative estimate of drug-likeness (QED) is 0.586. The predicted molar refractivity (Wildman–Crippen MR) is 102 cm³/mol. The summed E-state index contributed by atoms with van der Waals surface area (Å²) in [6.45, 7) is 4.49. The van der Waals surface area contributed by atoms with Gasteiger partial charge in [0.15, 0.2) is 4.80 Å². The molecule has 2 aromatic carbocycles. The monoisotopic (exact) mass is 398 g/mol. The summed E-state index contributed by atoms with van der Waals surface area (Å²) in [6.07, 6.45) is 5.52. The number of fused-ring (bicyclic) bond motifs is 1. The van der Waals surface area contributed by atoms with Gasteiger partial charge in [0.05, 0.1) is 16.8 Å². The first-order valence-corrected chi connectivity index (χ1v) is 8.99. The largest absolute Gasteiger partial charge is 0.305 e. The van der Waals surface area contributed by atoms with E-state index in [0.29, 0.717) is 16.9 Å². The molecule has 1 heterocycles. The number of hydrogen-bond acceptors (Lipinski definition) is 2. The first kappa shape index (κ1) is 16.7. The lowest BCUT2D eigenvalue weighted by Crippen LogP contribution is -2.16. The molecule has 0 radical (unpaired) electrons. The molecule has 0 aliphatic heterocycles. The number of nitrogens with zero attached hydrogens (tertiary/aromatic N) is 2. The van der Waals surface area contributed by atoms with Crippen molar-refractivity contribution in [1.29, 1.82) is 0 Å². The molecule has 0 aliphatic rings. The van der Waals surface area contributed by atoms with Crippen LogP contribution in [0.25, 0.3) is 10.2 Å². The minimum Gasteiger partial charge on any atom is -0.305 e. The molecule has 3 nitrogen and oxygen atoms in total. The van der Waals surface area contributed by atoms with Crippen LogP contribution in [0.5, 0.6) is 0 Å². The normalized spacial score (nSPS) is 11.7. The predicted octanol–water partition coefficient (Wildman–Crippen LogP) is 4.46. The van der Waals surface area contributed by atoms with E-state index in [1.165, 1.54) is 11.3 Å². The molecule has 3 rings (SSSR count). The average molecular weight is 399 g/mol. The van der Waals surface area contributed by atoms with Gasteiger partial charge in [0.25, 0.3) is 5.91 Å². The number of rotatable bonds is 2. The number of amides is 1. The van der Waals surface area contributed by atoms with Crippen LogP contribution in [0.4, 0.5) is 0 Å². The summed E-state index contributed by atoms with van der Waals surface area (Å²) in [5.41, 5.74) is 3.89. The van der Waals surface area contributed by atoms with Crippen molar-refractivity contribution in [2.24, 2.45) is 4.99 Å². The Morgan fingerprint density at radius 2 is 2.12 bits per heavy atom. The molecule has 0 aliphatic carbocycles. The second kappa shape index (κ2) is 6.76. The first-order valence-electron chi connectivity index (χ1n) is 7.38. The molecule has 1 aromatic heterocycles. The summed E-state index contributed by atoms with van der Waals surface area (Å²) in [4.78, 5) is 17.5. The fourth-order valence-corrected chi connectivity index (χ4v) is 4.09. The molecule has 5 heteroatoms.